The van der Waals surface area contributed by atoms with Crippen LogP contribution < -0.4 is 10.6 Å². The molecule has 0 saturated carbocycles. The third-order valence-electron chi connectivity index (χ3n) is 5.96. The molecule has 8 nitrogen and oxygen atoms in total. The lowest BCUT2D eigenvalue weighted by atomic mass is 9.82. The van der Waals surface area contributed by atoms with Crippen LogP contribution in [0.3, 0.4) is 0 Å². The largest absolute Gasteiger partial charge is 0.462 e. The Kier molecular flexibility index (Phi) is 7.44. The van der Waals surface area contributed by atoms with Gasteiger partial charge in [0, 0.05) is 5.69 Å². The highest BCUT2D eigenvalue weighted by Crippen LogP contribution is 2.35. The van der Waals surface area contributed by atoms with Gasteiger partial charge in [0.15, 0.2) is 5.54 Å². The Hall–Kier alpha value is -4.46. The molecule has 1 heterocycles. The van der Waals surface area contributed by atoms with Crippen molar-refractivity contribution in [3.05, 3.63) is 102 Å². The van der Waals surface area contributed by atoms with Crippen molar-refractivity contribution in [1.29, 1.82) is 0 Å². The quantitative estimate of drug-likeness (QED) is 0.270. The number of amides is 4. The topological polar surface area (TPSA) is 105 Å². The fraction of sp³-hybridized carbons (Fsp3) is 0.214. The lowest BCUT2D eigenvalue weighted by molar-refractivity contribution is -0.133. The van der Waals surface area contributed by atoms with Gasteiger partial charge in [-0.05, 0) is 41.8 Å². The van der Waals surface area contributed by atoms with Crippen molar-refractivity contribution in [2.45, 2.75) is 25.3 Å². The SMILES string of the molecule is CCCCOC(=O)c1ccc(NC(=O)CN2C(=O)NC(c3ccccc3)(c3ccccc3)C2=O)cc1. The molecule has 3 aromatic carbocycles. The van der Waals surface area contributed by atoms with E-state index in [0.717, 1.165) is 17.7 Å². The number of imide groups is 1. The number of hydrogen-bond acceptors (Lipinski definition) is 5. The van der Waals surface area contributed by atoms with Crippen molar-refractivity contribution in [3.8, 4) is 0 Å². The second kappa shape index (κ2) is 10.9. The third kappa shape index (κ3) is 4.98. The number of rotatable bonds is 9. The first-order chi connectivity index (χ1) is 17.5. The van der Waals surface area contributed by atoms with Crippen LogP contribution in [-0.4, -0.2) is 41.9 Å². The molecular formula is C28H27N3O5. The maximum absolute atomic E-state index is 13.7. The highest BCUT2D eigenvalue weighted by Gasteiger charge is 2.54. The number of nitrogens with one attached hydrogen (secondary N) is 2. The zero-order valence-corrected chi connectivity index (χ0v) is 19.9. The van der Waals surface area contributed by atoms with Gasteiger partial charge in [-0.25, -0.2) is 9.59 Å². The summed E-state index contributed by atoms with van der Waals surface area (Å²) >= 11 is 0. The summed E-state index contributed by atoms with van der Waals surface area (Å²) in [5.41, 5.74) is 0.556. The molecule has 0 radical (unpaired) electrons. The molecule has 1 saturated heterocycles. The third-order valence-corrected chi connectivity index (χ3v) is 5.96. The van der Waals surface area contributed by atoms with Crippen LogP contribution in [0.1, 0.15) is 41.3 Å². The average Bonchev–Trinajstić information content (AvgIpc) is 3.16. The van der Waals surface area contributed by atoms with Crippen molar-refractivity contribution in [3.63, 3.8) is 0 Å². The van der Waals surface area contributed by atoms with E-state index in [9.17, 15) is 19.2 Å². The highest BCUT2D eigenvalue weighted by atomic mass is 16.5. The summed E-state index contributed by atoms with van der Waals surface area (Å²) in [6.45, 7) is 1.90. The summed E-state index contributed by atoms with van der Waals surface area (Å²) in [5, 5.41) is 5.49. The predicted octanol–water partition coefficient (Wildman–Crippen LogP) is 4.08. The molecule has 3 aromatic rings. The number of carbonyl (C=O) groups is 4. The van der Waals surface area contributed by atoms with Gasteiger partial charge in [0.2, 0.25) is 5.91 Å². The molecule has 2 N–H and O–H groups in total. The van der Waals surface area contributed by atoms with Crippen LogP contribution in [0, 0.1) is 0 Å². The zero-order valence-electron chi connectivity index (χ0n) is 19.9. The number of esters is 1. The van der Waals surface area contributed by atoms with Crippen LogP contribution in [0.15, 0.2) is 84.9 Å². The Morgan fingerprint density at radius 1 is 0.889 bits per heavy atom. The number of urea groups is 1. The first-order valence-corrected chi connectivity index (χ1v) is 11.8. The maximum Gasteiger partial charge on any atom is 0.338 e. The van der Waals surface area contributed by atoms with Gasteiger partial charge in [0.25, 0.3) is 5.91 Å². The van der Waals surface area contributed by atoms with Crippen molar-refractivity contribution in [1.82, 2.24) is 10.2 Å². The van der Waals surface area contributed by atoms with Crippen molar-refractivity contribution in [2.24, 2.45) is 0 Å². The molecule has 4 rings (SSSR count). The molecule has 0 aliphatic carbocycles. The fourth-order valence-electron chi connectivity index (χ4n) is 4.08. The standard InChI is InChI=1S/C28H27N3O5/c1-2-3-18-36-25(33)20-14-16-23(17-15-20)29-24(32)19-31-26(34)28(30-27(31)35,21-10-6-4-7-11-21)22-12-8-5-9-13-22/h4-17H,2-3,18-19H2,1H3,(H,29,32)(H,30,35). The molecule has 0 unspecified atom stereocenters. The number of unbranched alkanes of at least 4 members (excludes halogenated alkanes) is 1. The zero-order chi connectivity index (χ0) is 25.5. The Balaban J connectivity index is 1.48. The molecule has 8 heteroatoms. The van der Waals surface area contributed by atoms with Gasteiger partial charge in [0.1, 0.15) is 6.54 Å². The minimum absolute atomic E-state index is 0.354. The van der Waals surface area contributed by atoms with E-state index in [1.54, 1.807) is 72.8 Å². The number of hydrogen-bond donors (Lipinski definition) is 2. The van der Waals surface area contributed by atoms with Gasteiger partial charge in [-0.2, -0.15) is 0 Å². The number of carbonyl (C=O) groups excluding carboxylic acids is 4. The van der Waals surface area contributed by atoms with Crippen LogP contribution >= 0.6 is 0 Å². The second-order valence-corrected chi connectivity index (χ2v) is 8.42. The molecule has 0 atom stereocenters. The van der Waals surface area contributed by atoms with E-state index in [1.165, 1.54) is 0 Å². The van der Waals surface area contributed by atoms with Gasteiger partial charge in [0.05, 0.1) is 12.2 Å². The second-order valence-electron chi connectivity index (χ2n) is 8.42. The van der Waals surface area contributed by atoms with Gasteiger partial charge >= 0.3 is 12.0 Å². The molecule has 0 aromatic heterocycles. The normalized spacial score (nSPS) is 14.3. The highest BCUT2D eigenvalue weighted by molar-refractivity contribution is 6.12. The van der Waals surface area contributed by atoms with Crippen molar-refractivity contribution >= 4 is 29.5 Å². The van der Waals surface area contributed by atoms with Crippen molar-refractivity contribution < 1.29 is 23.9 Å². The van der Waals surface area contributed by atoms with E-state index >= 15 is 0 Å². The lowest BCUT2D eigenvalue weighted by Crippen LogP contribution is -2.45. The predicted molar refractivity (Wildman–Crippen MR) is 134 cm³/mol. The monoisotopic (exact) mass is 485 g/mol. The molecule has 36 heavy (non-hydrogen) atoms. The number of nitrogens with zero attached hydrogens (tertiary/aromatic N) is 1. The van der Waals surface area contributed by atoms with Gasteiger partial charge in [-0.15, -0.1) is 0 Å². The summed E-state index contributed by atoms with van der Waals surface area (Å²) in [5.74, 6) is -1.52. The van der Waals surface area contributed by atoms with E-state index in [4.69, 9.17) is 4.74 Å². The summed E-state index contributed by atoms with van der Waals surface area (Å²) in [4.78, 5) is 52.3. The first-order valence-electron chi connectivity index (χ1n) is 11.8. The van der Waals surface area contributed by atoms with Crippen LogP contribution in [0.25, 0.3) is 0 Å². The minimum Gasteiger partial charge on any atom is -0.462 e. The van der Waals surface area contributed by atoms with Gasteiger partial charge in [-0.3, -0.25) is 14.5 Å². The number of anilines is 1. The summed E-state index contributed by atoms with van der Waals surface area (Å²) in [7, 11) is 0. The molecular weight excluding hydrogens is 458 g/mol. The number of ether oxygens (including phenoxy) is 1. The minimum atomic E-state index is -1.43. The Morgan fingerprint density at radius 2 is 1.47 bits per heavy atom. The number of benzene rings is 3. The molecule has 1 aliphatic rings. The fourth-order valence-corrected chi connectivity index (χ4v) is 4.08. The van der Waals surface area contributed by atoms with Crippen LogP contribution in [0.2, 0.25) is 0 Å². The molecule has 1 fully saturated rings. The summed E-state index contributed by atoms with van der Waals surface area (Å²) in [6.07, 6.45) is 1.71. The van der Waals surface area contributed by atoms with E-state index in [1.807, 2.05) is 19.1 Å². The van der Waals surface area contributed by atoms with Gasteiger partial charge < -0.3 is 15.4 Å². The van der Waals surface area contributed by atoms with Crippen LogP contribution in [0.4, 0.5) is 10.5 Å². The average molecular weight is 486 g/mol. The van der Waals surface area contributed by atoms with Crippen LogP contribution in [0.5, 0.6) is 0 Å². The molecule has 184 valence electrons. The smallest absolute Gasteiger partial charge is 0.338 e. The molecule has 4 amide bonds. The molecule has 1 aliphatic heterocycles. The molecule has 0 spiro atoms. The van der Waals surface area contributed by atoms with Crippen LogP contribution in [-0.2, 0) is 19.9 Å². The van der Waals surface area contributed by atoms with E-state index in [2.05, 4.69) is 10.6 Å². The summed E-state index contributed by atoms with van der Waals surface area (Å²) < 4.78 is 5.18. The van der Waals surface area contributed by atoms with E-state index in [0.29, 0.717) is 29.0 Å². The van der Waals surface area contributed by atoms with E-state index in [-0.39, 0.29) is 0 Å². The first kappa shape index (κ1) is 24.7. The maximum atomic E-state index is 13.7. The van der Waals surface area contributed by atoms with Gasteiger partial charge in [-0.1, -0.05) is 74.0 Å². The lowest BCUT2D eigenvalue weighted by Gasteiger charge is -2.28. The Morgan fingerprint density at radius 3 is 2.03 bits per heavy atom. The summed E-state index contributed by atoms with van der Waals surface area (Å²) in [6, 6.07) is 23.5. The van der Waals surface area contributed by atoms with E-state index < -0.39 is 35.9 Å². The molecule has 0 bridgehead atoms. The van der Waals surface area contributed by atoms with Crippen molar-refractivity contribution in [2.75, 3.05) is 18.5 Å². The Bertz CT molecular complexity index is 1200. The Labute approximate surface area is 209 Å².